The molecule has 0 aromatic heterocycles. The van der Waals surface area contributed by atoms with Crippen LogP contribution in [0.2, 0.25) is 0 Å². The number of rotatable bonds is 2. The summed E-state index contributed by atoms with van der Waals surface area (Å²) in [7, 11) is -0.269. The highest BCUT2D eigenvalue weighted by Gasteiger charge is 2.51. The Labute approximate surface area is 132 Å². The van der Waals surface area contributed by atoms with Gasteiger partial charge in [0, 0.05) is 30.3 Å². The third kappa shape index (κ3) is 2.96. The maximum absolute atomic E-state index is 6.15. The molecular weight excluding hydrogens is 281 g/mol. The monoisotopic (exact) mass is 305 g/mol. The van der Waals surface area contributed by atoms with E-state index in [-0.39, 0.29) is 18.3 Å². The van der Waals surface area contributed by atoms with Crippen LogP contribution in [0.25, 0.3) is 0 Å². The fraction of sp³-hybridized carbons (Fsp3) is 0.625. The highest BCUT2D eigenvalue weighted by atomic mass is 32.2. The van der Waals surface area contributed by atoms with Gasteiger partial charge in [-0.2, -0.15) is 11.8 Å². The molecule has 5 heteroatoms. The molecule has 0 radical (unpaired) electrons. The standard InChI is InChI=1S/C16H24BNO2S/c1-15(2)16(3,4)20-17(19-15)13-6-5-7-14(12-13)18-8-10-21-11-9-18/h5-7,12H,8-11H2,1-4H3. The number of anilines is 1. The van der Waals surface area contributed by atoms with E-state index < -0.39 is 0 Å². The van der Waals surface area contributed by atoms with Crippen molar-refractivity contribution in [1.82, 2.24) is 0 Å². The Morgan fingerprint density at radius 1 is 1.05 bits per heavy atom. The van der Waals surface area contributed by atoms with E-state index in [9.17, 15) is 0 Å². The Morgan fingerprint density at radius 3 is 2.29 bits per heavy atom. The van der Waals surface area contributed by atoms with Crippen LogP contribution in [0, 0.1) is 0 Å². The van der Waals surface area contributed by atoms with Gasteiger partial charge in [-0.3, -0.25) is 0 Å². The molecule has 0 unspecified atom stereocenters. The highest BCUT2D eigenvalue weighted by molar-refractivity contribution is 7.99. The minimum atomic E-state index is -0.282. The van der Waals surface area contributed by atoms with Crippen LogP contribution in [0.5, 0.6) is 0 Å². The molecule has 0 spiro atoms. The molecule has 1 aromatic carbocycles. The quantitative estimate of drug-likeness (QED) is 0.783. The van der Waals surface area contributed by atoms with E-state index >= 15 is 0 Å². The third-order valence-corrected chi connectivity index (χ3v) is 5.71. The fourth-order valence-corrected chi connectivity index (χ4v) is 3.57. The summed E-state index contributed by atoms with van der Waals surface area (Å²) < 4.78 is 12.3. The summed E-state index contributed by atoms with van der Waals surface area (Å²) >= 11 is 2.03. The second kappa shape index (κ2) is 5.52. The molecular formula is C16H24BNO2S. The van der Waals surface area contributed by atoms with Gasteiger partial charge in [0.25, 0.3) is 0 Å². The van der Waals surface area contributed by atoms with Crippen molar-refractivity contribution in [3.8, 4) is 0 Å². The molecule has 0 N–H and O–H groups in total. The van der Waals surface area contributed by atoms with Gasteiger partial charge in [-0.25, -0.2) is 0 Å². The van der Waals surface area contributed by atoms with E-state index in [4.69, 9.17) is 9.31 Å². The van der Waals surface area contributed by atoms with Crippen LogP contribution < -0.4 is 10.4 Å². The molecule has 2 saturated heterocycles. The molecule has 0 bridgehead atoms. The van der Waals surface area contributed by atoms with Crippen molar-refractivity contribution in [2.75, 3.05) is 29.5 Å². The van der Waals surface area contributed by atoms with Gasteiger partial charge in [-0.05, 0) is 45.3 Å². The lowest BCUT2D eigenvalue weighted by molar-refractivity contribution is 0.00578. The summed E-state index contributed by atoms with van der Waals surface area (Å²) in [6.45, 7) is 10.6. The minimum Gasteiger partial charge on any atom is -0.399 e. The van der Waals surface area contributed by atoms with Crippen molar-refractivity contribution in [3.05, 3.63) is 24.3 Å². The summed E-state index contributed by atoms with van der Waals surface area (Å²) in [5.74, 6) is 2.42. The molecule has 0 atom stereocenters. The molecule has 0 amide bonds. The number of thioether (sulfide) groups is 1. The first-order valence-corrected chi connectivity index (χ1v) is 8.83. The van der Waals surface area contributed by atoms with Gasteiger partial charge >= 0.3 is 7.12 Å². The Hall–Kier alpha value is -0.645. The molecule has 0 saturated carbocycles. The largest absolute Gasteiger partial charge is 0.494 e. The summed E-state index contributed by atoms with van der Waals surface area (Å²) in [6, 6.07) is 8.62. The highest BCUT2D eigenvalue weighted by Crippen LogP contribution is 2.36. The van der Waals surface area contributed by atoms with Gasteiger partial charge in [0.1, 0.15) is 0 Å². The molecule has 3 nitrogen and oxygen atoms in total. The van der Waals surface area contributed by atoms with Gasteiger partial charge in [0.15, 0.2) is 0 Å². The first-order chi connectivity index (χ1) is 9.89. The van der Waals surface area contributed by atoms with Gasteiger partial charge in [0.2, 0.25) is 0 Å². The third-order valence-electron chi connectivity index (χ3n) is 4.77. The van der Waals surface area contributed by atoms with Crippen LogP contribution in [-0.4, -0.2) is 42.9 Å². The lowest BCUT2D eigenvalue weighted by Crippen LogP contribution is -2.41. The first-order valence-electron chi connectivity index (χ1n) is 7.67. The molecule has 2 aliphatic rings. The predicted molar refractivity (Wildman–Crippen MR) is 91.7 cm³/mol. The van der Waals surface area contributed by atoms with Gasteiger partial charge < -0.3 is 14.2 Å². The summed E-state index contributed by atoms with van der Waals surface area (Å²) in [5.41, 5.74) is 1.83. The van der Waals surface area contributed by atoms with E-state index in [1.54, 1.807) is 0 Å². The van der Waals surface area contributed by atoms with Crippen molar-refractivity contribution in [3.63, 3.8) is 0 Å². The zero-order valence-electron chi connectivity index (χ0n) is 13.4. The Kier molecular flexibility index (Phi) is 4.01. The van der Waals surface area contributed by atoms with Crippen molar-refractivity contribution < 1.29 is 9.31 Å². The molecule has 2 heterocycles. The zero-order chi connectivity index (χ0) is 15.1. The second-order valence-electron chi connectivity index (χ2n) is 6.78. The van der Waals surface area contributed by atoms with Gasteiger partial charge in [-0.1, -0.05) is 12.1 Å². The molecule has 2 aliphatic heterocycles. The van der Waals surface area contributed by atoms with Crippen LogP contribution in [0.3, 0.4) is 0 Å². The van der Waals surface area contributed by atoms with E-state index in [1.807, 2.05) is 11.8 Å². The van der Waals surface area contributed by atoms with Crippen LogP contribution in [-0.2, 0) is 9.31 Å². The van der Waals surface area contributed by atoms with Gasteiger partial charge in [-0.15, -0.1) is 0 Å². The van der Waals surface area contributed by atoms with E-state index in [2.05, 4.69) is 56.9 Å². The SMILES string of the molecule is CC1(C)OB(c2cccc(N3CCSCC3)c2)OC1(C)C. The first kappa shape index (κ1) is 15.3. The van der Waals surface area contributed by atoms with Crippen LogP contribution >= 0.6 is 11.8 Å². The maximum Gasteiger partial charge on any atom is 0.494 e. The van der Waals surface area contributed by atoms with Crippen LogP contribution in [0.15, 0.2) is 24.3 Å². The predicted octanol–water partition coefficient (Wildman–Crippen LogP) is 2.54. The van der Waals surface area contributed by atoms with E-state index in [0.29, 0.717) is 0 Å². The lowest BCUT2D eigenvalue weighted by atomic mass is 9.79. The lowest BCUT2D eigenvalue weighted by Gasteiger charge is -2.32. The summed E-state index contributed by atoms with van der Waals surface area (Å²) in [4.78, 5) is 2.45. The number of benzene rings is 1. The topological polar surface area (TPSA) is 21.7 Å². The minimum absolute atomic E-state index is 0.269. The smallest absolute Gasteiger partial charge is 0.399 e. The molecule has 1 aromatic rings. The molecule has 21 heavy (non-hydrogen) atoms. The summed E-state index contributed by atoms with van der Waals surface area (Å²) in [5, 5.41) is 0. The van der Waals surface area contributed by atoms with Crippen molar-refractivity contribution in [1.29, 1.82) is 0 Å². The Bertz CT molecular complexity index is 499. The zero-order valence-corrected chi connectivity index (χ0v) is 14.2. The Morgan fingerprint density at radius 2 is 1.67 bits per heavy atom. The normalized spacial score (nSPS) is 24.4. The van der Waals surface area contributed by atoms with E-state index in [0.717, 1.165) is 18.6 Å². The average molecular weight is 305 g/mol. The van der Waals surface area contributed by atoms with Crippen LogP contribution in [0.4, 0.5) is 5.69 Å². The van der Waals surface area contributed by atoms with Crippen molar-refractivity contribution in [2.24, 2.45) is 0 Å². The average Bonchev–Trinajstić information content (AvgIpc) is 2.69. The Balaban J connectivity index is 1.81. The number of hydrogen-bond donors (Lipinski definition) is 0. The summed E-state index contributed by atoms with van der Waals surface area (Å²) in [6.07, 6.45) is 0. The fourth-order valence-electron chi connectivity index (χ4n) is 2.67. The van der Waals surface area contributed by atoms with Gasteiger partial charge in [0.05, 0.1) is 11.2 Å². The van der Waals surface area contributed by atoms with E-state index in [1.165, 1.54) is 17.2 Å². The van der Waals surface area contributed by atoms with Crippen molar-refractivity contribution >= 4 is 30.0 Å². The molecule has 114 valence electrons. The molecule has 0 aliphatic carbocycles. The maximum atomic E-state index is 6.15. The number of nitrogens with zero attached hydrogens (tertiary/aromatic N) is 1. The van der Waals surface area contributed by atoms with Crippen LogP contribution in [0.1, 0.15) is 27.7 Å². The molecule has 3 rings (SSSR count). The van der Waals surface area contributed by atoms with Crippen molar-refractivity contribution in [2.45, 2.75) is 38.9 Å². The molecule has 2 fully saturated rings. The number of hydrogen-bond acceptors (Lipinski definition) is 4. The second-order valence-corrected chi connectivity index (χ2v) is 8.01.